The Morgan fingerprint density at radius 2 is 1.77 bits per heavy atom. The number of nitrogens with zero attached hydrogens (tertiary/aromatic N) is 2. The van der Waals surface area contributed by atoms with Crippen molar-refractivity contribution < 1.29 is 10.2 Å². The molecule has 0 amide bonds. The highest BCUT2D eigenvalue weighted by Gasteiger charge is 2.13. The Bertz CT molecular complexity index is 743. The molecular formula is C17H18N2O2S. The number of rotatable bonds is 6. The molecule has 3 rings (SSSR count). The molecule has 0 saturated heterocycles. The standard InChI is InChI=1S/C17H18N2O2S/c20-11-14(21)12-22-17-18-15-8-4-5-9-16(15)19(17)10-13-6-2-1-3-7-13/h1-9,14,20-21H,10-12H2/t14-/m0/s1. The number of aliphatic hydroxyl groups is 2. The molecule has 1 heterocycles. The maximum atomic E-state index is 9.57. The fraction of sp³-hybridized carbons (Fsp3) is 0.235. The van der Waals surface area contributed by atoms with Crippen LogP contribution in [0, 0.1) is 0 Å². The smallest absolute Gasteiger partial charge is 0.169 e. The number of para-hydroxylation sites is 2. The summed E-state index contributed by atoms with van der Waals surface area (Å²) in [7, 11) is 0. The van der Waals surface area contributed by atoms with Crippen LogP contribution in [0.5, 0.6) is 0 Å². The largest absolute Gasteiger partial charge is 0.394 e. The average Bonchev–Trinajstić information content (AvgIpc) is 2.91. The molecule has 3 aromatic rings. The first-order valence-electron chi connectivity index (χ1n) is 7.19. The highest BCUT2D eigenvalue weighted by molar-refractivity contribution is 7.99. The third-order valence-electron chi connectivity index (χ3n) is 3.42. The second kappa shape index (κ2) is 6.96. The van der Waals surface area contributed by atoms with Gasteiger partial charge >= 0.3 is 0 Å². The summed E-state index contributed by atoms with van der Waals surface area (Å²) in [5.41, 5.74) is 3.22. The highest BCUT2D eigenvalue weighted by Crippen LogP contribution is 2.25. The summed E-state index contributed by atoms with van der Waals surface area (Å²) >= 11 is 1.47. The van der Waals surface area contributed by atoms with Crippen LogP contribution in [0.1, 0.15) is 5.56 Å². The van der Waals surface area contributed by atoms with Crippen LogP contribution in [-0.4, -0.2) is 38.2 Å². The zero-order valence-corrected chi connectivity index (χ0v) is 12.9. The van der Waals surface area contributed by atoms with Gasteiger partial charge in [-0.3, -0.25) is 0 Å². The van der Waals surface area contributed by atoms with E-state index in [0.29, 0.717) is 5.75 Å². The van der Waals surface area contributed by atoms with Gasteiger partial charge in [-0.1, -0.05) is 54.2 Å². The van der Waals surface area contributed by atoms with Crippen molar-refractivity contribution in [2.45, 2.75) is 17.8 Å². The molecular weight excluding hydrogens is 296 g/mol. The number of imidazole rings is 1. The molecule has 0 fully saturated rings. The summed E-state index contributed by atoms with van der Waals surface area (Å²) in [5.74, 6) is 0.425. The van der Waals surface area contributed by atoms with Crippen LogP contribution < -0.4 is 0 Å². The normalized spacial score (nSPS) is 12.6. The van der Waals surface area contributed by atoms with Gasteiger partial charge in [0.15, 0.2) is 5.16 Å². The molecule has 4 nitrogen and oxygen atoms in total. The minimum absolute atomic E-state index is 0.230. The SMILES string of the molecule is OC[C@H](O)CSc1nc2ccccc2n1Cc1ccccc1. The van der Waals surface area contributed by atoms with Gasteiger partial charge in [0.25, 0.3) is 0 Å². The van der Waals surface area contributed by atoms with Crippen molar-refractivity contribution in [3.8, 4) is 0 Å². The highest BCUT2D eigenvalue weighted by atomic mass is 32.2. The van der Waals surface area contributed by atoms with Gasteiger partial charge in [0.1, 0.15) is 0 Å². The van der Waals surface area contributed by atoms with E-state index in [1.54, 1.807) is 0 Å². The number of hydrogen-bond acceptors (Lipinski definition) is 4. The van der Waals surface area contributed by atoms with Gasteiger partial charge in [-0.05, 0) is 17.7 Å². The molecule has 1 atom stereocenters. The second-order valence-corrected chi connectivity index (χ2v) is 6.09. The Morgan fingerprint density at radius 3 is 2.55 bits per heavy atom. The van der Waals surface area contributed by atoms with Crippen LogP contribution in [0.4, 0.5) is 0 Å². The number of aromatic nitrogens is 2. The summed E-state index contributed by atoms with van der Waals surface area (Å²) in [6.07, 6.45) is -0.727. The maximum Gasteiger partial charge on any atom is 0.169 e. The molecule has 2 aromatic carbocycles. The Morgan fingerprint density at radius 1 is 1.05 bits per heavy atom. The molecule has 0 aliphatic carbocycles. The molecule has 2 N–H and O–H groups in total. The Balaban J connectivity index is 1.94. The van der Waals surface area contributed by atoms with Crippen molar-refractivity contribution in [2.75, 3.05) is 12.4 Å². The lowest BCUT2D eigenvalue weighted by molar-refractivity contribution is 0.113. The third-order valence-corrected chi connectivity index (χ3v) is 4.54. The zero-order chi connectivity index (χ0) is 15.4. The quantitative estimate of drug-likeness (QED) is 0.687. The molecule has 0 bridgehead atoms. The molecule has 22 heavy (non-hydrogen) atoms. The van der Waals surface area contributed by atoms with Gasteiger partial charge in [-0.2, -0.15) is 0 Å². The van der Waals surface area contributed by atoms with Crippen molar-refractivity contribution in [3.63, 3.8) is 0 Å². The van der Waals surface area contributed by atoms with Gasteiger partial charge < -0.3 is 14.8 Å². The van der Waals surface area contributed by atoms with E-state index in [1.807, 2.05) is 36.4 Å². The molecule has 5 heteroatoms. The van der Waals surface area contributed by atoms with Crippen LogP contribution in [0.3, 0.4) is 0 Å². The van der Waals surface area contributed by atoms with E-state index in [-0.39, 0.29) is 6.61 Å². The van der Waals surface area contributed by atoms with E-state index < -0.39 is 6.10 Å². The fourth-order valence-electron chi connectivity index (χ4n) is 2.31. The lowest BCUT2D eigenvalue weighted by Crippen LogP contribution is -2.15. The monoisotopic (exact) mass is 314 g/mol. The van der Waals surface area contributed by atoms with Gasteiger partial charge in [-0.25, -0.2) is 4.98 Å². The van der Waals surface area contributed by atoms with Crippen LogP contribution >= 0.6 is 11.8 Å². The van der Waals surface area contributed by atoms with Crippen molar-refractivity contribution in [1.29, 1.82) is 0 Å². The van der Waals surface area contributed by atoms with Gasteiger partial charge in [0.05, 0.1) is 30.3 Å². The minimum Gasteiger partial charge on any atom is -0.394 e. The molecule has 0 saturated carbocycles. The first-order valence-corrected chi connectivity index (χ1v) is 8.17. The average molecular weight is 314 g/mol. The first kappa shape index (κ1) is 15.1. The minimum atomic E-state index is -0.727. The van der Waals surface area contributed by atoms with E-state index in [9.17, 15) is 5.11 Å². The van der Waals surface area contributed by atoms with E-state index in [1.165, 1.54) is 17.3 Å². The van der Waals surface area contributed by atoms with Crippen molar-refractivity contribution in [1.82, 2.24) is 9.55 Å². The molecule has 0 aliphatic heterocycles. The summed E-state index contributed by atoms with van der Waals surface area (Å²) in [6.45, 7) is 0.505. The van der Waals surface area contributed by atoms with E-state index in [4.69, 9.17) is 5.11 Å². The van der Waals surface area contributed by atoms with Crippen LogP contribution in [0.2, 0.25) is 0 Å². The lowest BCUT2D eigenvalue weighted by atomic mass is 10.2. The number of hydrogen-bond donors (Lipinski definition) is 2. The Labute approximate surface area is 133 Å². The molecule has 0 aliphatic rings. The summed E-state index contributed by atoms with van der Waals surface area (Å²) in [4.78, 5) is 4.65. The Kier molecular flexibility index (Phi) is 4.77. The number of benzene rings is 2. The summed E-state index contributed by atoms with van der Waals surface area (Å²) in [5, 5.41) is 19.4. The Hall–Kier alpha value is -1.82. The van der Waals surface area contributed by atoms with Crippen LogP contribution in [-0.2, 0) is 6.54 Å². The van der Waals surface area contributed by atoms with Crippen LogP contribution in [0.25, 0.3) is 11.0 Å². The molecule has 114 valence electrons. The van der Waals surface area contributed by atoms with Gasteiger partial charge in [-0.15, -0.1) is 0 Å². The molecule has 0 spiro atoms. The van der Waals surface area contributed by atoms with Crippen molar-refractivity contribution in [2.24, 2.45) is 0 Å². The van der Waals surface area contributed by atoms with Crippen LogP contribution in [0.15, 0.2) is 59.8 Å². The number of thioether (sulfide) groups is 1. The number of aliphatic hydroxyl groups excluding tert-OH is 2. The fourth-order valence-corrected chi connectivity index (χ4v) is 3.23. The first-order chi connectivity index (χ1) is 10.8. The zero-order valence-electron chi connectivity index (χ0n) is 12.1. The second-order valence-electron chi connectivity index (χ2n) is 5.10. The molecule has 1 aromatic heterocycles. The summed E-state index contributed by atoms with van der Waals surface area (Å²) < 4.78 is 2.15. The van der Waals surface area contributed by atoms with Crippen molar-refractivity contribution in [3.05, 3.63) is 60.2 Å². The predicted octanol–water partition coefficient (Wildman–Crippen LogP) is 2.53. The summed E-state index contributed by atoms with van der Waals surface area (Å²) in [6, 6.07) is 18.2. The van der Waals surface area contributed by atoms with Crippen molar-refractivity contribution >= 4 is 22.8 Å². The maximum absolute atomic E-state index is 9.57. The lowest BCUT2D eigenvalue weighted by Gasteiger charge is -2.10. The van der Waals surface area contributed by atoms with E-state index in [2.05, 4.69) is 27.8 Å². The predicted molar refractivity (Wildman–Crippen MR) is 89.1 cm³/mol. The molecule has 0 unspecified atom stereocenters. The number of fused-ring (bicyclic) bond motifs is 1. The van der Waals surface area contributed by atoms with Gasteiger partial charge in [0.2, 0.25) is 0 Å². The van der Waals surface area contributed by atoms with Gasteiger partial charge in [0, 0.05) is 5.75 Å². The third kappa shape index (κ3) is 3.32. The topological polar surface area (TPSA) is 58.3 Å². The van der Waals surface area contributed by atoms with E-state index >= 15 is 0 Å². The molecule has 0 radical (unpaired) electrons. The van der Waals surface area contributed by atoms with E-state index in [0.717, 1.165) is 22.7 Å².